The number of halogens is 2. The summed E-state index contributed by atoms with van der Waals surface area (Å²) in [6.45, 7) is 0. The van der Waals surface area contributed by atoms with Gasteiger partial charge in [0.25, 0.3) is 5.82 Å². The minimum Gasteiger partial charge on any atom is -0.475 e. The third kappa shape index (κ3) is 2.68. The number of nitrogens with zero attached hydrogens (tertiary/aromatic N) is 3. The molecule has 0 saturated carbocycles. The lowest BCUT2D eigenvalue weighted by Crippen LogP contribution is -2.02. The zero-order chi connectivity index (χ0) is 15.7. The third-order valence-corrected chi connectivity index (χ3v) is 3.19. The maximum absolute atomic E-state index is 13.1. The summed E-state index contributed by atoms with van der Waals surface area (Å²) < 4.78 is 14.4. The molecule has 0 atom stereocenters. The van der Waals surface area contributed by atoms with Crippen LogP contribution in [0.5, 0.6) is 0 Å². The highest BCUT2D eigenvalue weighted by Gasteiger charge is 2.18. The molecule has 0 aliphatic rings. The molecule has 0 bridgehead atoms. The first-order valence-electron chi connectivity index (χ1n) is 6.27. The van der Waals surface area contributed by atoms with E-state index in [1.807, 2.05) is 0 Å². The topological polar surface area (TPSA) is 68.0 Å². The zero-order valence-corrected chi connectivity index (χ0v) is 11.8. The SMILES string of the molecule is O=C(O)c1nc(-c2cccc(Cl)c2)n(-c2ccc(F)cc2)n1. The van der Waals surface area contributed by atoms with Gasteiger partial charge in [0.15, 0.2) is 5.82 Å². The molecule has 1 aromatic heterocycles. The minimum absolute atomic E-state index is 0.312. The van der Waals surface area contributed by atoms with Gasteiger partial charge in [-0.05, 0) is 36.4 Å². The van der Waals surface area contributed by atoms with Crippen molar-refractivity contribution in [3.63, 3.8) is 0 Å². The van der Waals surface area contributed by atoms with E-state index in [9.17, 15) is 9.18 Å². The Hall–Kier alpha value is -2.73. The van der Waals surface area contributed by atoms with E-state index < -0.39 is 11.8 Å². The van der Waals surface area contributed by atoms with Crippen LogP contribution >= 0.6 is 11.6 Å². The van der Waals surface area contributed by atoms with Crippen LogP contribution in [-0.2, 0) is 0 Å². The number of benzene rings is 2. The van der Waals surface area contributed by atoms with Crippen molar-refractivity contribution in [3.8, 4) is 17.1 Å². The van der Waals surface area contributed by atoms with E-state index in [1.54, 1.807) is 24.3 Å². The molecule has 2 aromatic carbocycles. The molecule has 0 aliphatic carbocycles. The van der Waals surface area contributed by atoms with Crippen molar-refractivity contribution >= 4 is 17.6 Å². The van der Waals surface area contributed by atoms with E-state index in [2.05, 4.69) is 10.1 Å². The highest BCUT2D eigenvalue weighted by molar-refractivity contribution is 6.30. The molecular weight excluding hydrogens is 309 g/mol. The summed E-state index contributed by atoms with van der Waals surface area (Å²) in [6, 6.07) is 12.3. The molecule has 1 heterocycles. The van der Waals surface area contributed by atoms with E-state index >= 15 is 0 Å². The van der Waals surface area contributed by atoms with Crippen LogP contribution < -0.4 is 0 Å². The fraction of sp³-hybridized carbons (Fsp3) is 0. The number of carboxylic acid groups (broad SMARTS) is 1. The van der Waals surface area contributed by atoms with Crippen LogP contribution in [0.15, 0.2) is 48.5 Å². The number of aromatic carboxylic acids is 1. The van der Waals surface area contributed by atoms with Crippen molar-refractivity contribution in [1.29, 1.82) is 0 Å². The standard InChI is InChI=1S/C15H9ClFN3O2/c16-10-3-1-2-9(8-10)14-18-13(15(21)22)19-20(14)12-6-4-11(17)5-7-12/h1-8H,(H,21,22). The van der Waals surface area contributed by atoms with E-state index in [-0.39, 0.29) is 5.82 Å². The average Bonchev–Trinajstić information content (AvgIpc) is 2.93. The molecule has 0 saturated heterocycles. The van der Waals surface area contributed by atoms with Gasteiger partial charge in [0, 0.05) is 10.6 Å². The van der Waals surface area contributed by atoms with Gasteiger partial charge in [0.2, 0.25) is 0 Å². The first kappa shape index (κ1) is 14.2. The van der Waals surface area contributed by atoms with Crippen molar-refractivity contribution < 1.29 is 14.3 Å². The van der Waals surface area contributed by atoms with Gasteiger partial charge in [-0.25, -0.2) is 18.9 Å². The van der Waals surface area contributed by atoms with Gasteiger partial charge in [-0.1, -0.05) is 23.7 Å². The highest BCUT2D eigenvalue weighted by atomic mass is 35.5. The molecule has 0 unspecified atom stereocenters. The lowest BCUT2D eigenvalue weighted by Gasteiger charge is -2.06. The van der Waals surface area contributed by atoms with Gasteiger partial charge in [-0.15, -0.1) is 5.10 Å². The fourth-order valence-corrected chi connectivity index (χ4v) is 2.17. The van der Waals surface area contributed by atoms with Gasteiger partial charge in [-0.3, -0.25) is 0 Å². The zero-order valence-electron chi connectivity index (χ0n) is 11.1. The number of carbonyl (C=O) groups is 1. The highest BCUT2D eigenvalue weighted by Crippen LogP contribution is 2.24. The maximum atomic E-state index is 13.1. The molecule has 110 valence electrons. The van der Waals surface area contributed by atoms with Crippen molar-refractivity contribution in [2.75, 3.05) is 0 Å². The van der Waals surface area contributed by atoms with Gasteiger partial charge in [-0.2, -0.15) is 0 Å². The molecule has 3 aromatic rings. The summed E-state index contributed by atoms with van der Waals surface area (Å²) in [4.78, 5) is 15.1. The lowest BCUT2D eigenvalue weighted by atomic mass is 10.2. The largest absolute Gasteiger partial charge is 0.475 e. The van der Waals surface area contributed by atoms with E-state index in [4.69, 9.17) is 16.7 Å². The number of hydrogen-bond donors (Lipinski definition) is 1. The predicted molar refractivity (Wildman–Crippen MR) is 78.7 cm³/mol. The predicted octanol–water partition coefficient (Wildman–Crippen LogP) is 3.43. The number of carboxylic acids is 1. The Balaban J connectivity index is 2.20. The lowest BCUT2D eigenvalue weighted by molar-refractivity contribution is 0.0683. The normalized spacial score (nSPS) is 10.6. The Bertz CT molecular complexity index is 846. The number of hydrogen-bond acceptors (Lipinski definition) is 3. The molecular formula is C15H9ClFN3O2. The smallest absolute Gasteiger partial charge is 0.375 e. The third-order valence-electron chi connectivity index (χ3n) is 2.95. The molecule has 22 heavy (non-hydrogen) atoms. The van der Waals surface area contributed by atoms with Crippen LogP contribution in [-0.4, -0.2) is 25.8 Å². The quantitative estimate of drug-likeness (QED) is 0.803. The first-order valence-corrected chi connectivity index (χ1v) is 6.64. The Morgan fingerprint density at radius 2 is 1.91 bits per heavy atom. The average molecular weight is 318 g/mol. The Morgan fingerprint density at radius 1 is 1.18 bits per heavy atom. The monoisotopic (exact) mass is 317 g/mol. The first-order chi connectivity index (χ1) is 10.5. The Labute approximate surface area is 129 Å². The molecule has 0 fully saturated rings. The second-order valence-electron chi connectivity index (χ2n) is 4.46. The molecule has 0 radical (unpaired) electrons. The molecule has 7 heteroatoms. The van der Waals surface area contributed by atoms with E-state index in [0.717, 1.165) is 0 Å². The molecule has 0 amide bonds. The van der Waals surface area contributed by atoms with Crippen LogP contribution in [0.2, 0.25) is 5.02 Å². The van der Waals surface area contributed by atoms with Crippen LogP contribution in [0.25, 0.3) is 17.1 Å². The summed E-state index contributed by atoms with van der Waals surface area (Å²) in [5.41, 5.74) is 1.10. The summed E-state index contributed by atoms with van der Waals surface area (Å²) in [5, 5.41) is 13.5. The van der Waals surface area contributed by atoms with E-state index in [0.29, 0.717) is 22.1 Å². The van der Waals surface area contributed by atoms with Crippen LogP contribution in [0.3, 0.4) is 0 Å². The fourth-order valence-electron chi connectivity index (χ4n) is 1.98. The molecule has 1 N–H and O–H groups in total. The van der Waals surface area contributed by atoms with Gasteiger partial charge in [0.1, 0.15) is 5.82 Å². The minimum atomic E-state index is -1.25. The van der Waals surface area contributed by atoms with Crippen LogP contribution in [0.4, 0.5) is 4.39 Å². The van der Waals surface area contributed by atoms with Crippen molar-refractivity contribution in [3.05, 3.63) is 65.2 Å². The Kier molecular flexibility index (Phi) is 3.60. The molecule has 3 rings (SSSR count). The molecule has 0 aliphatic heterocycles. The van der Waals surface area contributed by atoms with Crippen molar-refractivity contribution in [2.45, 2.75) is 0 Å². The van der Waals surface area contributed by atoms with Crippen LogP contribution in [0, 0.1) is 5.82 Å². The Morgan fingerprint density at radius 3 is 2.55 bits per heavy atom. The summed E-state index contributed by atoms with van der Waals surface area (Å²) in [6.07, 6.45) is 0. The number of aromatic nitrogens is 3. The van der Waals surface area contributed by atoms with Gasteiger partial charge in [0.05, 0.1) is 5.69 Å². The van der Waals surface area contributed by atoms with Gasteiger partial charge >= 0.3 is 5.97 Å². The maximum Gasteiger partial charge on any atom is 0.375 e. The van der Waals surface area contributed by atoms with Crippen molar-refractivity contribution in [1.82, 2.24) is 14.8 Å². The second kappa shape index (κ2) is 5.57. The summed E-state index contributed by atoms with van der Waals surface area (Å²) >= 11 is 5.96. The molecule has 5 nitrogen and oxygen atoms in total. The summed E-state index contributed by atoms with van der Waals surface area (Å²) in [7, 11) is 0. The van der Waals surface area contributed by atoms with Crippen LogP contribution in [0.1, 0.15) is 10.6 Å². The number of rotatable bonds is 3. The summed E-state index contributed by atoms with van der Waals surface area (Å²) in [5.74, 6) is -1.68. The van der Waals surface area contributed by atoms with Gasteiger partial charge < -0.3 is 5.11 Å². The van der Waals surface area contributed by atoms with Crippen molar-refractivity contribution in [2.24, 2.45) is 0 Å². The second-order valence-corrected chi connectivity index (χ2v) is 4.90. The van der Waals surface area contributed by atoms with E-state index in [1.165, 1.54) is 28.9 Å². The molecule has 0 spiro atoms.